The fourth-order valence-corrected chi connectivity index (χ4v) is 3.39. The molecule has 7 nitrogen and oxygen atoms in total. The highest BCUT2D eigenvalue weighted by molar-refractivity contribution is 6.01. The van der Waals surface area contributed by atoms with E-state index in [2.05, 4.69) is 10.3 Å². The van der Waals surface area contributed by atoms with Crippen molar-refractivity contribution < 1.29 is 9.53 Å². The molecule has 0 fully saturated rings. The van der Waals surface area contributed by atoms with Gasteiger partial charge in [-0.2, -0.15) is 10.2 Å². The highest BCUT2D eigenvalue weighted by atomic mass is 16.5. The molecule has 0 saturated carbocycles. The van der Waals surface area contributed by atoms with Crippen molar-refractivity contribution in [2.24, 2.45) is 0 Å². The van der Waals surface area contributed by atoms with Crippen molar-refractivity contribution in [3.05, 3.63) is 111 Å². The molecule has 0 atom stereocenters. The Bertz CT molecular complexity index is 1500. The summed E-state index contributed by atoms with van der Waals surface area (Å²) in [5.41, 5.74) is 2.53. The van der Waals surface area contributed by atoms with E-state index in [0.29, 0.717) is 11.4 Å². The molecule has 0 bridgehead atoms. The van der Waals surface area contributed by atoms with E-state index in [9.17, 15) is 14.9 Å². The van der Waals surface area contributed by atoms with Crippen molar-refractivity contribution >= 4 is 17.6 Å². The van der Waals surface area contributed by atoms with E-state index in [4.69, 9.17) is 4.74 Å². The van der Waals surface area contributed by atoms with Gasteiger partial charge in [-0.05, 0) is 54.8 Å². The highest BCUT2D eigenvalue weighted by Crippen LogP contribution is 2.28. The molecular weight excluding hydrogens is 428 g/mol. The Labute approximate surface area is 196 Å². The molecule has 168 valence electrons. The average molecular weight is 450 g/mol. The predicted octanol–water partition coefficient (Wildman–Crippen LogP) is 4.33. The van der Waals surface area contributed by atoms with Crippen LogP contribution in [0.2, 0.25) is 0 Å². The van der Waals surface area contributed by atoms with Crippen LogP contribution in [0.3, 0.4) is 0 Å². The Morgan fingerprint density at radius 1 is 1.09 bits per heavy atom. The van der Waals surface area contributed by atoms with Crippen LogP contribution in [0.5, 0.6) is 11.6 Å². The first kappa shape index (κ1) is 22.5. The molecule has 0 unspecified atom stereocenters. The maximum absolute atomic E-state index is 13.3. The summed E-state index contributed by atoms with van der Waals surface area (Å²) < 4.78 is 7.40. The number of carbonyl (C=O) groups excluding carboxylic acids is 1. The molecule has 0 aliphatic rings. The van der Waals surface area contributed by atoms with Crippen molar-refractivity contribution in [3.63, 3.8) is 0 Å². The smallest absolute Gasteiger partial charge is 0.269 e. The lowest BCUT2D eigenvalue weighted by atomic mass is 10.1. The van der Waals surface area contributed by atoms with Crippen LogP contribution in [0, 0.1) is 25.2 Å². The molecule has 0 aliphatic carbocycles. The molecule has 0 aliphatic heterocycles. The lowest BCUT2D eigenvalue weighted by molar-refractivity contribution is -0.117. The molecule has 1 amide bonds. The summed E-state index contributed by atoms with van der Waals surface area (Å²) in [4.78, 5) is 30.5. The van der Waals surface area contributed by atoms with Gasteiger partial charge >= 0.3 is 0 Å². The van der Waals surface area contributed by atoms with Crippen LogP contribution in [0.15, 0.2) is 83.3 Å². The number of rotatable bonds is 6. The number of aryl methyl sites for hydroxylation is 1. The van der Waals surface area contributed by atoms with Crippen LogP contribution in [-0.2, 0) is 11.3 Å². The van der Waals surface area contributed by atoms with E-state index in [1.807, 2.05) is 62.4 Å². The number of pyridine rings is 1. The maximum atomic E-state index is 13.3. The SMILES string of the molecule is Cc1cccc(Oc2nc3ccccn3c(=O)c2C=C(C#N)C(=O)NCc2ccccc2)c1C. The third-order valence-corrected chi connectivity index (χ3v) is 5.45. The Morgan fingerprint density at radius 3 is 2.62 bits per heavy atom. The fraction of sp³-hybridized carbons (Fsp3) is 0.111. The minimum absolute atomic E-state index is 0.0102. The van der Waals surface area contributed by atoms with Gasteiger partial charge in [0.2, 0.25) is 5.88 Å². The van der Waals surface area contributed by atoms with E-state index in [1.165, 1.54) is 10.5 Å². The van der Waals surface area contributed by atoms with E-state index < -0.39 is 11.5 Å². The van der Waals surface area contributed by atoms with Crippen LogP contribution < -0.4 is 15.6 Å². The number of amides is 1. The zero-order valence-corrected chi connectivity index (χ0v) is 18.8. The van der Waals surface area contributed by atoms with Crippen molar-refractivity contribution in [2.75, 3.05) is 0 Å². The van der Waals surface area contributed by atoms with Crippen molar-refractivity contribution in [2.45, 2.75) is 20.4 Å². The van der Waals surface area contributed by atoms with Gasteiger partial charge in [-0.1, -0.05) is 48.5 Å². The van der Waals surface area contributed by atoms with Crippen LogP contribution in [0.4, 0.5) is 0 Å². The van der Waals surface area contributed by atoms with Gasteiger partial charge in [-0.15, -0.1) is 0 Å². The molecule has 4 rings (SSSR count). The van der Waals surface area contributed by atoms with Crippen molar-refractivity contribution in [1.82, 2.24) is 14.7 Å². The van der Waals surface area contributed by atoms with Crippen LogP contribution in [0.25, 0.3) is 11.7 Å². The topological polar surface area (TPSA) is 96.5 Å². The van der Waals surface area contributed by atoms with Gasteiger partial charge in [0.1, 0.15) is 28.6 Å². The molecule has 34 heavy (non-hydrogen) atoms. The quantitative estimate of drug-likeness (QED) is 0.348. The third kappa shape index (κ3) is 4.71. The van der Waals surface area contributed by atoms with Gasteiger partial charge in [-0.3, -0.25) is 14.0 Å². The third-order valence-electron chi connectivity index (χ3n) is 5.45. The molecule has 0 saturated heterocycles. The highest BCUT2D eigenvalue weighted by Gasteiger charge is 2.18. The largest absolute Gasteiger partial charge is 0.438 e. The fourth-order valence-electron chi connectivity index (χ4n) is 3.39. The zero-order chi connectivity index (χ0) is 24.1. The lowest BCUT2D eigenvalue weighted by Crippen LogP contribution is -2.25. The Balaban J connectivity index is 1.77. The second-order valence-electron chi connectivity index (χ2n) is 7.70. The number of carbonyl (C=O) groups is 1. The van der Waals surface area contributed by atoms with E-state index in [-0.39, 0.29) is 23.6 Å². The number of fused-ring (bicyclic) bond motifs is 1. The number of aromatic nitrogens is 2. The molecule has 0 radical (unpaired) electrons. The van der Waals surface area contributed by atoms with Gasteiger partial charge < -0.3 is 10.1 Å². The Hall–Kier alpha value is -4.70. The van der Waals surface area contributed by atoms with Gasteiger partial charge in [0.25, 0.3) is 11.5 Å². The average Bonchev–Trinajstić information content (AvgIpc) is 2.86. The van der Waals surface area contributed by atoms with Crippen LogP contribution >= 0.6 is 0 Å². The molecule has 2 aromatic carbocycles. The molecule has 0 spiro atoms. The van der Waals surface area contributed by atoms with E-state index in [0.717, 1.165) is 16.7 Å². The second-order valence-corrected chi connectivity index (χ2v) is 7.70. The second kappa shape index (κ2) is 9.84. The van der Waals surface area contributed by atoms with Gasteiger partial charge in [0.05, 0.1) is 0 Å². The zero-order valence-electron chi connectivity index (χ0n) is 18.8. The first-order valence-electron chi connectivity index (χ1n) is 10.7. The number of nitrogens with one attached hydrogen (secondary N) is 1. The summed E-state index contributed by atoms with van der Waals surface area (Å²) in [6.07, 6.45) is 2.81. The number of nitriles is 1. The summed E-state index contributed by atoms with van der Waals surface area (Å²) in [6.45, 7) is 4.11. The minimum atomic E-state index is -0.596. The van der Waals surface area contributed by atoms with Crippen molar-refractivity contribution in [3.8, 4) is 17.7 Å². The molecule has 2 aromatic heterocycles. The Morgan fingerprint density at radius 2 is 1.85 bits per heavy atom. The lowest BCUT2D eigenvalue weighted by Gasteiger charge is -2.13. The van der Waals surface area contributed by atoms with Crippen LogP contribution in [0.1, 0.15) is 22.3 Å². The molecule has 1 N–H and O–H groups in total. The molecule has 7 heteroatoms. The number of hydrogen-bond donors (Lipinski definition) is 1. The molecule has 4 aromatic rings. The summed E-state index contributed by atoms with van der Waals surface area (Å²) in [5, 5.41) is 12.4. The molecule has 2 heterocycles. The first-order valence-corrected chi connectivity index (χ1v) is 10.7. The van der Waals surface area contributed by atoms with Gasteiger partial charge in [-0.25, -0.2) is 0 Å². The predicted molar refractivity (Wildman–Crippen MR) is 129 cm³/mol. The summed E-state index contributed by atoms with van der Waals surface area (Å²) in [6, 6.07) is 22.0. The summed E-state index contributed by atoms with van der Waals surface area (Å²) in [5.74, 6) is -0.0380. The summed E-state index contributed by atoms with van der Waals surface area (Å²) in [7, 11) is 0. The van der Waals surface area contributed by atoms with E-state index in [1.54, 1.807) is 30.5 Å². The van der Waals surface area contributed by atoms with Crippen LogP contribution in [-0.4, -0.2) is 15.3 Å². The van der Waals surface area contributed by atoms with E-state index >= 15 is 0 Å². The number of nitrogens with zero attached hydrogens (tertiary/aromatic N) is 3. The molecular formula is C27H22N4O3. The number of ether oxygens (including phenoxy) is 1. The Kier molecular flexibility index (Phi) is 6.51. The first-order chi connectivity index (χ1) is 16.5. The summed E-state index contributed by atoms with van der Waals surface area (Å²) >= 11 is 0. The standard InChI is InChI=1S/C27H22N4O3/c1-18-9-8-12-23(19(18)2)34-26-22(27(33)31-14-7-6-13-24(31)30-26)15-21(16-28)25(32)29-17-20-10-4-3-5-11-20/h3-15H,17H2,1-2H3,(H,29,32). The number of benzene rings is 2. The maximum Gasteiger partial charge on any atom is 0.269 e. The van der Waals surface area contributed by atoms with Gasteiger partial charge in [0.15, 0.2) is 0 Å². The minimum Gasteiger partial charge on any atom is -0.438 e. The van der Waals surface area contributed by atoms with Gasteiger partial charge in [0, 0.05) is 12.7 Å². The normalized spacial score (nSPS) is 11.1. The monoisotopic (exact) mass is 450 g/mol. The van der Waals surface area contributed by atoms with Crippen molar-refractivity contribution in [1.29, 1.82) is 5.26 Å². The number of hydrogen-bond acceptors (Lipinski definition) is 5.